The number of carbonyl (C=O) groups excluding carboxylic acids is 1. The summed E-state index contributed by atoms with van der Waals surface area (Å²) in [5, 5.41) is 1.83. The van der Waals surface area contributed by atoms with Gasteiger partial charge in [0.2, 0.25) is 10.0 Å². The van der Waals surface area contributed by atoms with Crippen LogP contribution in [-0.4, -0.2) is 57.2 Å². The first-order chi connectivity index (χ1) is 6.91. The van der Waals surface area contributed by atoms with E-state index >= 15 is 0 Å². The van der Waals surface area contributed by atoms with E-state index in [1.54, 1.807) is 0 Å². The molecule has 0 saturated carbocycles. The summed E-state index contributed by atoms with van der Waals surface area (Å²) >= 11 is 0. The van der Waals surface area contributed by atoms with Crippen LogP contribution < -0.4 is 5.32 Å². The van der Waals surface area contributed by atoms with Gasteiger partial charge in [0.25, 0.3) is 0 Å². The number of ether oxygens (including phenoxy) is 1. The smallest absolute Gasteiger partial charge is 0.325 e. The van der Waals surface area contributed by atoms with Crippen LogP contribution >= 0.6 is 0 Å². The molecule has 0 radical (unpaired) electrons. The summed E-state index contributed by atoms with van der Waals surface area (Å²) in [7, 11) is -0.925. The summed E-state index contributed by atoms with van der Waals surface area (Å²) in [6.45, 7) is 2.59. The minimum atomic E-state index is -3.59. The molecule has 1 N–H and O–H groups in total. The Morgan fingerprint density at radius 2 is 2.07 bits per heavy atom. The number of hydrogen-bond donors (Lipinski definition) is 1. The zero-order valence-electron chi connectivity index (χ0n) is 9.06. The highest BCUT2D eigenvalue weighted by Gasteiger charge is 2.37. The van der Waals surface area contributed by atoms with Crippen LogP contribution in [-0.2, 0) is 19.6 Å². The Kier molecular flexibility index (Phi) is 3.69. The minimum absolute atomic E-state index is 0.0536. The van der Waals surface area contributed by atoms with Gasteiger partial charge >= 0.3 is 5.97 Å². The lowest BCUT2D eigenvalue weighted by atomic mass is 10.2. The predicted molar refractivity (Wildman–Crippen MR) is 54.8 cm³/mol. The summed E-state index contributed by atoms with van der Waals surface area (Å²) in [4.78, 5) is 11.1. The van der Waals surface area contributed by atoms with Gasteiger partial charge in [0.05, 0.1) is 7.11 Å². The number of nitrogens with zero attached hydrogens (tertiary/aromatic N) is 1. The van der Waals surface area contributed by atoms with Gasteiger partial charge in [0.15, 0.2) is 5.25 Å². The zero-order valence-corrected chi connectivity index (χ0v) is 9.87. The van der Waals surface area contributed by atoms with Gasteiger partial charge in [-0.1, -0.05) is 0 Å². The van der Waals surface area contributed by atoms with E-state index < -0.39 is 21.2 Å². The van der Waals surface area contributed by atoms with Crippen molar-refractivity contribution in [2.45, 2.75) is 18.2 Å². The van der Waals surface area contributed by atoms with Gasteiger partial charge in [-0.25, -0.2) is 8.42 Å². The molecular formula is C8H16N2O4S. The lowest BCUT2D eigenvalue weighted by Crippen LogP contribution is -2.59. The topological polar surface area (TPSA) is 75.7 Å². The fourth-order valence-electron chi connectivity index (χ4n) is 1.28. The second-order valence-corrected chi connectivity index (χ2v) is 5.85. The molecule has 0 spiro atoms. The Balaban J connectivity index is 2.76. The first-order valence-corrected chi connectivity index (χ1v) is 6.17. The van der Waals surface area contributed by atoms with Gasteiger partial charge in [-0.05, 0) is 6.92 Å². The molecule has 1 heterocycles. The largest absolute Gasteiger partial charge is 0.468 e. The third-order valence-corrected chi connectivity index (χ3v) is 4.84. The molecule has 1 unspecified atom stereocenters. The van der Waals surface area contributed by atoms with Crippen LogP contribution in [0, 0.1) is 0 Å². The molecule has 1 atom stereocenters. The van der Waals surface area contributed by atoms with E-state index in [0.717, 1.165) is 0 Å². The van der Waals surface area contributed by atoms with Crippen molar-refractivity contribution in [3.8, 4) is 0 Å². The van der Waals surface area contributed by atoms with E-state index in [-0.39, 0.29) is 6.04 Å². The minimum Gasteiger partial charge on any atom is -0.468 e. The Morgan fingerprint density at radius 1 is 1.53 bits per heavy atom. The van der Waals surface area contributed by atoms with Crippen LogP contribution in [0.5, 0.6) is 0 Å². The SMILES string of the molecule is COC(=O)C(C)S(=O)(=O)N(C)C1CNC1. The summed E-state index contributed by atoms with van der Waals surface area (Å²) < 4.78 is 29.4. The predicted octanol–water partition coefficient (Wildman–Crippen LogP) is -1.22. The maximum atomic E-state index is 11.9. The molecule has 0 aromatic heterocycles. The number of carbonyl (C=O) groups is 1. The van der Waals surface area contributed by atoms with E-state index in [1.165, 1.54) is 25.4 Å². The Labute approximate surface area is 89.6 Å². The van der Waals surface area contributed by atoms with Crippen LogP contribution in [0.4, 0.5) is 0 Å². The van der Waals surface area contributed by atoms with Gasteiger partial charge < -0.3 is 10.1 Å². The molecule has 0 aromatic rings. The summed E-state index contributed by atoms with van der Waals surface area (Å²) in [5.74, 6) is -0.728. The first kappa shape index (κ1) is 12.4. The maximum Gasteiger partial charge on any atom is 0.325 e. The molecule has 88 valence electrons. The van der Waals surface area contributed by atoms with Crippen LogP contribution in [0.15, 0.2) is 0 Å². The van der Waals surface area contributed by atoms with Gasteiger partial charge in [-0.15, -0.1) is 0 Å². The van der Waals surface area contributed by atoms with Crippen molar-refractivity contribution in [2.75, 3.05) is 27.2 Å². The number of rotatable bonds is 4. The van der Waals surface area contributed by atoms with Crippen molar-refractivity contribution in [2.24, 2.45) is 0 Å². The van der Waals surface area contributed by atoms with Crippen molar-refractivity contribution in [1.29, 1.82) is 0 Å². The highest BCUT2D eigenvalue weighted by molar-refractivity contribution is 7.90. The second-order valence-electron chi connectivity index (χ2n) is 3.54. The van der Waals surface area contributed by atoms with E-state index in [2.05, 4.69) is 10.1 Å². The highest BCUT2D eigenvalue weighted by Crippen LogP contribution is 2.14. The molecule has 0 bridgehead atoms. The van der Waals surface area contributed by atoms with E-state index in [0.29, 0.717) is 13.1 Å². The number of likely N-dealkylation sites (N-methyl/N-ethyl adjacent to an activating group) is 1. The molecule has 1 rings (SSSR count). The molecule has 0 amide bonds. The van der Waals surface area contributed by atoms with Crippen molar-refractivity contribution in [3.63, 3.8) is 0 Å². The second kappa shape index (κ2) is 4.46. The Morgan fingerprint density at radius 3 is 2.40 bits per heavy atom. The fraction of sp³-hybridized carbons (Fsp3) is 0.875. The average molecular weight is 236 g/mol. The van der Waals surface area contributed by atoms with Gasteiger partial charge in [0, 0.05) is 26.2 Å². The van der Waals surface area contributed by atoms with E-state index in [1.807, 2.05) is 0 Å². The number of esters is 1. The highest BCUT2D eigenvalue weighted by atomic mass is 32.2. The average Bonchev–Trinajstić information content (AvgIpc) is 2.12. The molecule has 1 aliphatic rings. The first-order valence-electron chi connectivity index (χ1n) is 4.66. The molecule has 1 saturated heterocycles. The maximum absolute atomic E-state index is 11.9. The number of sulfonamides is 1. The third-order valence-electron chi connectivity index (χ3n) is 2.66. The molecule has 1 fully saturated rings. The third kappa shape index (κ3) is 2.30. The lowest BCUT2D eigenvalue weighted by molar-refractivity contribution is -0.139. The normalized spacial score (nSPS) is 19.7. The number of hydrogen-bond acceptors (Lipinski definition) is 5. The number of methoxy groups -OCH3 is 1. The molecule has 0 aliphatic carbocycles. The van der Waals surface area contributed by atoms with E-state index in [9.17, 15) is 13.2 Å². The van der Waals surface area contributed by atoms with Crippen LogP contribution in [0.3, 0.4) is 0 Å². The summed E-state index contributed by atoms with van der Waals surface area (Å²) in [5.41, 5.74) is 0. The monoisotopic (exact) mass is 236 g/mol. The molecule has 1 aliphatic heterocycles. The molecule has 0 aromatic carbocycles. The van der Waals surface area contributed by atoms with Crippen LogP contribution in [0.1, 0.15) is 6.92 Å². The summed E-state index contributed by atoms with van der Waals surface area (Å²) in [6, 6.07) is -0.0536. The van der Waals surface area contributed by atoms with E-state index in [4.69, 9.17) is 0 Å². The molecule has 6 nitrogen and oxygen atoms in total. The van der Waals surface area contributed by atoms with Gasteiger partial charge in [-0.3, -0.25) is 4.79 Å². The molecule has 15 heavy (non-hydrogen) atoms. The van der Waals surface area contributed by atoms with Crippen molar-refractivity contribution in [3.05, 3.63) is 0 Å². The molecular weight excluding hydrogens is 220 g/mol. The molecule has 7 heteroatoms. The van der Waals surface area contributed by atoms with Crippen molar-refractivity contribution in [1.82, 2.24) is 9.62 Å². The Hall–Kier alpha value is -0.660. The van der Waals surface area contributed by atoms with Crippen LogP contribution in [0.25, 0.3) is 0 Å². The number of nitrogens with one attached hydrogen (secondary N) is 1. The fourth-order valence-corrected chi connectivity index (χ4v) is 2.68. The van der Waals surface area contributed by atoms with Crippen LogP contribution in [0.2, 0.25) is 0 Å². The zero-order chi connectivity index (χ0) is 11.6. The standard InChI is InChI=1S/C8H16N2O4S/c1-6(8(11)14-3)15(12,13)10(2)7-4-9-5-7/h6-7,9H,4-5H2,1-3H3. The van der Waals surface area contributed by atoms with Gasteiger partial charge in [0.1, 0.15) is 0 Å². The van der Waals surface area contributed by atoms with Crippen molar-refractivity contribution >= 4 is 16.0 Å². The lowest BCUT2D eigenvalue weighted by Gasteiger charge is -2.35. The van der Waals surface area contributed by atoms with Gasteiger partial charge in [-0.2, -0.15) is 4.31 Å². The summed E-state index contributed by atoms with van der Waals surface area (Å²) in [6.07, 6.45) is 0. The van der Waals surface area contributed by atoms with Crippen molar-refractivity contribution < 1.29 is 17.9 Å². The quantitative estimate of drug-likeness (QED) is 0.619. The Bertz CT molecular complexity index is 337.